The quantitative estimate of drug-likeness (QED) is 0.815. The highest BCUT2D eigenvalue weighted by Gasteiger charge is 2.40. The van der Waals surface area contributed by atoms with Crippen LogP contribution in [0.5, 0.6) is 0 Å². The minimum atomic E-state index is -4.75. The molecule has 0 aromatic heterocycles. The van der Waals surface area contributed by atoms with Gasteiger partial charge in [0, 0.05) is 6.04 Å². The zero-order valence-electron chi connectivity index (χ0n) is 10.1. The Hall–Kier alpha value is -0.740. The van der Waals surface area contributed by atoms with Crippen LogP contribution in [0, 0.1) is 5.92 Å². The van der Waals surface area contributed by atoms with Crippen molar-refractivity contribution < 1.29 is 18.0 Å². The summed E-state index contributed by atoms with van der Waals surface area (Å²) < 4.78 is 36.1. The third-order valence-electron chi connectivity index (χ3n) is 3.41. The van der Waals surface area contributed by atoms with Gasteiger partial charge >= 0.3 is 12.1 Å². The number of rotatable bonds is 4. The Balaban J connectivity index is 2.25. The zero-order valence-corrected chi connectivity index (χ0v) is 10.1. The second-order valence-electron chi connectivity index (χ2n) is 4.83. The summed E-state index contributed by atoms with van der Waals surface area (Å²) in [6, 6.07) is -0.290. The average molecular weight is 251 g/mol. The van der Waals surface area contributed by atoms with Crippen LogP contribution in [0.2, 0.25) is 0 Å². The fraction of sp³-hybridized carbons (Fsp3) is 0.917. The van der Waals surface area contributed by atoms with Crippen molar-refractivity contribution in [3.63, 3.8) is 0 Å². The minimum Gasteiger partial charge on any atom is -0.346 e. The number of alkyl halides is 3. The van der Waals surface area contributed by atoms with Crippen molar-refractivity contribution in [2.45, 2.75) is 64.1 Å². The van der Waals surface area contributed by atoms with Crippen molar-refractivity contribution in [1.82, 2.24) is 5.32 Å². The van der Waals surface area contributed by atoms with Gasteiger partial charge in [-0.3, -0.25) is 4.79 Å². The number of nitrogens with one attached hydrogen (secondary N) is 1. The second-order valence-corrected chi connectivity index (χ2v) is 4.83. The Morgan fingerprint density at radius 2 is 1.82 bits per heavy atom. The van der Waals surface area contributed by atoms with E-state index in [4.69, 9.17) is 0 Å². The molecule has 0 atom stereocenters. The third-order valence-corrected chi connectivity index (χ3v) is 3.41. The lowest BCUT2D eigenvalue weighted by molar-refractivity contribution is -0.174. The number of amides is 1. The first-order valence-electron chi connectivity index (χ1n) is 6.31. The largest absolute Gasteiger partial charge is 0.471 e. The second kappa shape index (κ2) is 6.26. The van der Waals surface area contributed by atoms with Gasteiger partial charge in [-0.05, 0) is 31.6 Å². The molecule has 5 heteroatoms. The Labute approximate surface area is 100.0 Å². The first-order valence-corrected chi connectivity index (χ1v) is 6.31. The maximum absolute atomic E-state index is 12.0. The van der Waals surface area contributed by atoms with Crippen LogP contribution in [0.1, 0.15) is 51.9 Å². The number of unbranched alkanes of at least 4 members (excludes halogenated alkanes) is 1. The van der Waals surface area contributed by atoms with Crippen molar-refractivity contribution >= 4 is 5.91 Å². The van der Waals surface area contributed by atoms with Crippen molar-refractivity contribution in [2.75, 3.05) is 0 Å². The van der Waals surface area contributed by atoms with Crippen LogP contribution in [0.15, 0.2) is 0 Å². The van der Waals surface area contributed by atoms with E-state index in [0.717, 1.165) is 25.7 Å². The Kier molecular flexibility index (Phi) is 5.28. The molecule has 0 heterocycles. The van der Waals surface area contributed by atoms with Gasteiger partial charge in [-0.15, -0.1) is 0 Å². The predicted octanol–water partition coefficient (Wildman–Crippen LogP) is 3.41. The Morgan fingerprint density at radius 1 is 1.24 bits per heavy atom. The van der Waals surface area contributed by atoms with Crippen molar-refractivity contribution in [3.8, 4) is 0 Å². The predicted molar refractivity (Wildman–Crippen MR) is 59.5 cm³/mol. The van der Waals surface area contributed by atoms with Crippen LogP contribution in [0.4, 0.5) is 13.2 Å². The SMILES string of the molecule is CCCCC1CCC(NC(=O)C(F)(F)F)CC1. The molecule has 0 saturated heterocycles. The number of carbonyl (C=O) groups is 1. The molecule has 0 radical (unpaired) electrons. The molecule has 0 aliphatic heterocycles. The Morgan fingerprint density at radius 3 is 2.29 bits per heavy atom. The molecular weight excluding hydrogens is 231 g/mol. The van der Waals surface area contributed by atoms with E-state index in [1.54, 1.807) is 0 Å². The van der Waals surface area contributed by atoms with Gasteiger partial charge in [0.2, 0.25) is 0 Å². The molecule has 0 spiro atoms. The number of hydrogen-bond donors (Lipinski definition) is 1. The lowest BCUT2D eigenvalue weighted by atomic mass is 9.83. The van der Waals surface area contributed by atoms with Crippen LogP contribution < -0.4 is 5.32 Å². The van der Waals surface area contributed by atoms with E-state index in [0.29, 0.717) is 18.8 Å². The monoisotopic (exact) mass is 251 g/mol. The molecule has 17 heavy (non-hydrogen) atoms. The number of carbonyl (C=O) groups excluding carboxylic acids is 1. The maximum Gasteiger partial charge on any atom is 0.471 e. The van der Waals surface area contributed by atoms with E-state index in [-0.39, 0.29) is 6.04 Å². The molecule has 1 amide bonds. The van der Waals surface area contributed by atoms with E-state index in [9.17, 15) is 18.0 Å². The molecule has 1 saturated carbocycles. The third kappa shape index (κ3) is 4.96. The summed E-state index contributed by atoms with van der Waals surface area (Å²) >= 11 is 0. The molecule has 1 aliphatic rings. The summed E-state index contributed by atoms with van der Waals surface area (Å²) in [4.78, 5) is 10.8. The maximum atomic E-state index is 12.0. The summed E-state index contributed by atoms with van der Waals surface area (Å²) in [6.45, 7) is 2.13. The van der Waals surface area contributed by atoms with Gasteiger partial charge in [0.25, 0.3) is 0 Å². The van der Waals surface area contributed by atoms with Crippen LogP contribution in [-0.2, 0) is 4.79 Å². The molecule has 0 aromatic carbocycles. The molecule has 1 aliphatic carbocycles. The first-order chi connectivity index (χ1) is 7.93. The topological polar surface area (TPSA) is 29.1 Å². The van der Waals surface area contributed by atoms with E-state index in [1.807, 2.05) is 0 Å². The fourth-order valence-electron chi connectivity index (χ4n) is 2.36. The van der Waals surface area contributed by atoms with Gasteiger partial charge in [-0.2, -0.15) is 13.2 Å². The number of halogens is 3. The molecular formula is C12H20F3NO. The molecule has 2 nitrogen and oxygen atoms in total. The van der Waals surface area contributed by atoms with Crippen LogP contribution in [0.25, 0.3) is 0 Å². The summed E-state index contributed by atoms with van der Waals surface area (Å²) in [5.74, 6) is -1.16. The van der Waals surface area contributed by atoms with Gasteiger partial charge in [-0.25, -0.2) is 0 Å². The molecule has 0 aromatic rings. The molecule has 100 valence electrons. The standard InChI is InChI=1S/C12H20F3NO/c1-2-3-4-9-5-7-10(8-6-9)16-11(17)12(13,14)15/h9-10H,2-8H2,1H3,(H,16,17). The van der Waals surface area contributed by atoms with Gasteiger partial charge < -0.3 is 5.32 Å². The first kappa shape index (κ1) is 14.3. The van der Waals surface area contributed by atoms with Crippen LogP contribution in [0.3, 0.4) is 0 Å². The van der Waals surface area contributed by atoms with Crippen molar-refractivity contribution in [1.29, 1.82) is 0 Å². The van der Waals surface area contributed by atoms with Gasteiger partial charge in [0.1, 0.15) is 0 Å². The molecule has 0 bridgehead atoms. The van der Waals surface area contributed by atoms with E-state index in [1.165, 1.54) is 6.42 Å². The summed E-state index contributed by atoms with van der Waals surface area (Å²) in [5, 5.41) is 2.07. The zero-order chi connectivity index (χ0) is 12.9. The normalized spacial score (nSPS) is 25.6. The summed E-state index contributed by atoms with van der Waals surface area (Å²) in [6.07, 6.45) is 1.97. The smallest absolute Gasteiger partial charge is 0.346 e. The molecule has 1 fully saturated rings. The van der Waals surface area contributed by atoms with Gasteiger partial charge in [-0.1, -0.05) is 26.2 Å². The highest BCUT2D eigenvalue weighted by atomic mass is 19.4. The Bertz CT molecular complexity index is 245. The average Bonchev–Trinajstić information content (AvgIpc) is 2.27. The summed E-state index contributed by atoms with van der Waals surface area (Å²) in [5.41, 5.74) is 0. The van der Waals surface area contributed by atoms with Crippen LogP contribution >= 0.6 is 0 Å². The van der Waals surface area contributed by atoms with Gasteiger partial charge in [0.15, 0.2) is 0 Å². The van der Waals surface area contributed by atoms with E-state index >= 15 is 0 Å². The summed E-state index contributed by atoms with van der Waals surface area (Å²) in [7, 11) is 0. The lowest BCUT2D eigenvalue weighted by Gasteiger charge is -2.29. The van der Waals surface area contributed by atoms with Gasteiger partial charge in [0.05, 0.1) is 0 Å². The minimum absolute atomic E-state index is 0.290. The van der Waals surface area contributed by atoms with Crippen LogP contribution in [-0.4, -0.2) is 18.1 Å². The van der Waals surface area contributed by atoms with E-state index in [2.05, 4.69) is 12.2 Å². The highest BCUT2D eigenvalue weighted by molar-refractivity contribution is 5.81. The van der Waals surface area contributed by atoms with E-state index < -0.39 is 12.1 Å². The fourth-order valence-corrected chi connectivity index (χ4v) is 2.36. The molecule has 0 unspecified atom stereocenters. The molecule has 1 N–H and O–H groups in total. The lowest BCUT2D eigenvalue weighted by Crippen LogP contribution is -2.44. The number of hydrogen-bond acceptors (Lipinski definition) is 1. The highest BCUT2D eigenvalue weighted by Crippen LogP contribution is 2.28. The molecule has 1 rings (SSSR count). The van der Waals surface area contributed by atoms with Crippen molar-refractivity contribution in [3.05, 3.63) is 0 Å². The van der Waals surface area contributed by atoms with Crippen molar-refractivity contribution in [2.24, 2.45) is 5.92 Å².